The Morgan fingerprint density at radius 1 is 1.50 bits per heavy atom. The van der Waals surface area contributed by atoms with Crippen LogP contribution in [0.2, 0.25) is 0 Å². The van der Waals surface area contributed by atoms with E-state index >= 15 is 0 Å². The molecule has 0 aliphatic rings. The molecule has 0 fully saturated rings. The van der Waals surface area contributed by atoms with Crippen LogP contribution in [0.4, 0.5) is 11.5 Å². The molecular formula is C12H19N3O. The van der Waals surface area contributed by atoms with Crippen LogP contribution in [-0.4, -0.2) is 25.0 Å². The SMILES string of the molecule is CCCCC(=O)N(C)c1ccc(NC)nc1. The summed E-state index contributed by atoms with van der Waals surface area (Å²) in [4.78, 5) is 17.6. The Kier molecular flexibility index (Phi) is 4.76. The minimum Gasteiger partial charge on any atom is -0.373 e. The highest BCUT2D eigenvalue weighted by atomic mass is 16.2. The van der Waals surface area contributed by atoms with Gasteiger partial charge in [-0.25, -0.2) is 4.98 Å². The third-order valence-electron chi connectivity index (χ3n) is 2.51. The lowest BCUT2D eigenvalue weighted by Gasteiger charge is -2.16. The summed E-state index contributed by atoms with van der Waals surface area (Å²) in [5, 5.41) is 2.94. The van der Waals surface area contributed by atoms with Crippen molar-refractivity contribution in [1.82, 2.24) is 4.98 Å². The van der Waals surface area contributed by atoms with Crippen molar-refractivity contribution in [2.45, 2.75) is 26.2 Å². The molecule has 16 heavy (non-hydrogen) atoms. The Morgan fingerprint density at radius 3 is 2.75 bits per heavy atom. The van der Waals surface area contributed by atoms with Crippen molar-refractivity contribution < 1.29 is 4.79 Å². The fourth-order valence-corrected chi connectivity index (χ4v) is 1.37. The largest absolute Gasteiger partial charge is 0.373 e. The minimum atomic E-state index is 0.140. The molecule has 88 valence electrons. The Labute approximate surface area is 96.7 Å². The van der Waals surface area contributed by atoms with Gasteiger partial charge in [-0.3, -0.25) is 4.79 Å². The van der Waals surface area contributed by atoms with Gasteiger partial charge in [-0.2, -0.15) is 0 Å². The highest BCUT2D eigenvalue weighted by Gasteiger charge is 2.10. The van der Waals surface area contributed by atoms with Crippen molar-refractivity contribution in [2.75, 3.05) is 24.3 Å². The van der Waals surface area contributed by atoms with Crippen molar-refractivity contribution in [3.8, 4) is 0 Å². The van der Waals surface area contributed by atoms with Crippen LogP contribution in [0, 0.1) is 0 Å². The van der Waals surface area contributed by atoms with Crippen LogP contribution in [0.25, 0.3) is 0 Å². The first-order valence-electron chi connectivity index (χ1n) is 5.59. The van der Waals surface area contributed by atoms with Gasteiger partial charge in [0.1, 0.15) is 5.82 Å². The van der Waals surface area contributed by atoms with E-state index in [1.807, 2.05) is 19.2 Å². The van der Waals surface area contributed by atoms with Crippen LogP contribution in [0.3, 0.4) is 0 Å². The Balaban J connectivity index is 2.64. The average Bonchev–Trinajstić information content (AvgIpc) is 2.35. The van der Waals surface area contributed by atoms with Crippen molar-refractivity contribution in [3.63, 3.8) is 0 Å². The van der Waals surface area contributed by atoms with E-state index in [0.29, 0.717) is 6.42 Å². The van der Waals surface area contributed by atoms with Gasteiger partial charge in [-0.05, 0) is 18.6 Å². The highest BCUT2D eigenvalue weighted by molar-refractivity contribution is 5.92. The summed E-state index contributed by atoms with van der Waals surface area (Å²) in [7, 11) is 3.60. The van der Waals surface area contributed by atoms with Gasteiger partial charge in [0.05, 0.1) is 11.9 Å². The van der Waals surface area contributed by atoms with E-state index in [1.54, 1.807) is 18.1 Å². The van der Waals surface area contributed by atoms with Crippen molar-refractivity contribution in [1.29, 1.82) is 0 Å². The van der Waals surface area contributed by atoms with Crippen LogP contribution in [0.15, 0.2) is 18.3 Å². The van der Waals surface area contributed by atoms with E-state index < -0.39 is 0 Å². The van der Waals surface area contributed by atoms with E-state index in [-0.39, 0.29) is 5.91 Å². The first kappa shape index (κ1) is 12.5. The van der Waals surface area contributed by atoms with Gasteiger partial charge >= 0.3 is 0 Å². The molecule has 0 aliphatic heterocycles. The summed E-state index contributed by atoms with van der Waals surface area (Å²) in [5.41, 5.74) is 0.833. The van der Waals surface area contributed by atoms with E-state index in [2.05, 4.69) is 17.2 Å². The second kappa shape index (κ2) is 6.10. The molecule has 0 aliphatic carbocycles. The molecule has 4 heteroatoms. The molecule has 0 saturated heterocycles. The number of carbonyl (C=O) groups excluding carboxylic acids is 1. The lowest BCUT2D eigenvalue weighted by atomic mass is 10.2. The monoisotopic (exact) mass is 221 g/mol. The number of anilines is 2. The van der Waals surface area contributed by atoms with Crippen molar-refractivity contribution >= 4 is 17.4 Å². The fourth-order valence-electron chi connectivity index (χ4n) is 1.37. The van der Waals surface area contributed by atoms with Crippen LogP contribution in [0.1, 0.15) is 26.2 Å². The third-order valence-corrected chi connectivity index (χ3v) is 2.51. The number of hydrogen-bond acceptors (Lipinski definition) is 3. The van der Waals surface area contributed by atoms with Crippen LogP contribution >= 0.6 is 0 Å². The van der Waals surface area contributed by atoms with Gasteiger partial charge in [0, 0.05) is 20.5 Å². The van der Waals surface area contributed by atoms with Gasteiger partial charge in [0.2, 0.25) is 5.91 Å². The first-order chi connectivity index (χ1) is 7.69. The molecule has 0 saturated carbocycles. The maximum Gasteiger partial charge on any atom is 0.226 e. The highest BCUT2D eigenvalue weighted by Crippen LogP contribution is 2.14. The zero-order valence-corrected chi connectivity index (χ0v) is 10.2. The van der Waals surface area contributed by atoms with E-state index in [0.717, 1.165) is 24.3 Å². The van der Waals surface area contributed by atoms with Crippen molar-refractivity contribution in [2.24, 2.45) is 0 Å². The number of amides is 1. The minimum absolute atomic E-state index is 0.140. The molecule has 0 aromatic carbocycles. The second-order valence-corrected chi connectivity index (χ2v) is 3.71. The standard InChI is InChI=1S/C12H19N3O/c1-4-5-6-12(16)15(3)10-7-8-11(13-2)14-9-10/h7-9H,4-6H2,1-3H3,(H,13,14). The molecule has 0 unspecified atom stereocenters. The quantitative estimate of drug-likeness (QED) is 0.829. The molecule has 0 spiro atoms. The number of hydrogen-bond donors (Lipinski definition) is 1. The predicted molar refractivity (Wildman–Crippen MR) is 66.7 cm³/mol. The molecule has 0 bridgehead atoms. The normalized spacial score (nSPS) is 9.94. The number of unbranched alkanes of at least 4 members (excludes halogenated alkanes) is 1. The van der Waals surface area contributed by atoms with Crippen LogP contribution in [0.5, 0.6) is 0 Å². The van der Waals surface area contributed by atoms with Gasteiger partial charge in [-0.15, -0.1) is 0 Å². The Morgan fingerprint density at radius 2 is 2.25 bits per heavy atom. The van der Waals surface area contributed by atoms with Crippen LogP contribution in [-0.2, 0) is 4.79 Å². The van der Waals surface area contributed by atoms with E-state index in [9.17, 15) is 4.79 Å². The maximum atomic E-state index is 11.7. The summed E-state index contributed by atoms with van der Waals surface area (Å²) in [6, 6.07) is 3.75. The molecule has 0 atom stereocenters. The number of nitrogens with one attached hydrogen (secondary N) is 1. The zero-order chi connectivity index (χ0) is 12.0. The third kappa shape index (κ3) is 3.22. The average molecular weight is 221 g/mol. The predicted octanol–water partition coefficient (Wildman–Crippen LogP) is 2.28. The molecule has 1 amide bonds. The summed E-state index contributed by atoms with van der Waals surface area (Å²) < 4.78 is 0. The molecule has 4 nitrogen and oxygen atoms in total. The molecule has 1 heterocycles. The number of carbonyl (C=O) groups is 1. The van der Waals surface area contributed by atoms with E-state index in [1.165, 1.54) is 0 Å². The molecular weight excluding hydrogens is 202 g/mol. The van der Waals surface area contributed by atoms with Crippen LogP contribution < -0.4 is 10.2 Å². The number of pyridine rings is 1. The summed E-state index contributed by atoms with van der Waals surface area (Å²) in [6.07, 6.45) is 4.28. The summed E-state index contributed by atoms with van der Waals surface area (Å²) in [6.45, 7) is 2.08. The Bertz CT molecular complexity index is 335. The molecule has 1 aromatic rings. The Hall–Kier alpha value is -1.58. The smallest absolute Gasteiger partial charge is 0.226 e. The maximum absolute atomic E-state index is 11.7. The van der Waals surface area contributed by atoms with Gasteiger partial charge in [-0.1, -0.05) is 13.3 Å². The lowest BCUT2D eigenvalue weighted by molar-refractivity contribution is -0.118. The summed E-state index contributed by atoms with van der Waals surface area (Å²) in [5.74, 6) is 0.944. The zero-order valence-electron chi connectivity index (χ0n) is 10.2. The topological polar surface area (TPSA) is 45.2 Å². The van der Waals surface area contributed by atoms with Crippen molar-refractivity contribution in [3.05, 3.63) is 18.3 Å². The fraction of sp³-hybridized carbons (Fsp3) is 0.500. The molecule has 1 rings (SSSR count). The number of nitrogens with zero attached hydrogens (tertiary/aromatic N) is 2. The number of aromatic nitrogens is 1. The second-order valence-electron chi connectivity index (χ2n) is 3.71. The van der Waals surface area contributed by atoms with Gasteiger partial charge in [0.25, 0.3) is 0 Å². The first-order valence-corrected chi connectivity index (χ1v) is 5.59. The summed E-state index contributed by atoms with van der Waals surface area (Å²) >= 11 is 0. The van der Waals surface area contributed by atoms with E-state index in [4.69, 9.17) is 0 Å². The number of rotatable bonds is 5. The van der Waals surface area contributed by atoms with Gasteiger partial charge < -0.3 is 10.2 Å². The molecule has 0 radical (unpaired) electrons. The molecule has 1 aromatic heterocycles. The lowest BCUT2D eigenvalue weighted by Crippen LogP contribution is -2.25. The molecule has 1 N–H and O–H groups in total. The van der Waals surface area contributed by atoms with Gasteiger partial charge in [0.15, 0.2) is 0 Å².